The van der Waals surface area contributed by atoms with Crippen molar-refractivity contribution in [3.8, 4) is 0 Å². The van der Waals surface area contributed by atoms with Crippen LogP contribution in [0.15, 0.2) is 24.3 Å². The van der Waals surface area contributed by atoms with Crippen LogP contribution in [0.4, 0.5) is 5.95 Å². The predicted molar refractivity (Wildman–Crippen MR) is 80.9 cm³/mol. The van der Waals surface area contributed by atoms with Gasteiger partial charge in [-0.1, -0.05) is 25.5 Å². The Labute approximate surface area is 123 Å². The number of hydrogen-bond donors (Lipinski definition) is 3. The largest absolute Gasteiger partial charge is 0.374 e. The van der Waals surface area contributed by atoms with Crippen molar-refractivity contribution < 1.29 is 9.90 Å². The molecule has 0 radical (unpaired) electrons. The molecule has 1 aliphatic heterocycles. The van der Waals surface area contributed by atoms with Gasteiger partial charge in [-0.2, -0.15) is 0 Å². The lowest BCUT2D eigenvalue weighted by atomic mass is 10.1. The van der Waals surface area contributed by atoms with E-state index in [0.29, 0.717) is 18.9 Å². The van der Waals surface area contributed by atoms with Gasteiger partial charge >= 0.3 is 0 Å². The average Bonchev–Trinajstić information content (AvgIpc) is 2.84. The van der Waals surface area contributed by atoms with E-state index in [4.69, 9.17) is 0 Å². The van der Waals surface area contributed by atoms with Crippen LogP contribution < -0.4 is 10.6 Å². The first-order chi connectivity index (χ1) is 10.2. The molecule has 21 heavy (non-hydrogen) atoms. The smallest absolute Gasteiger partial charge is 0.243 e. The van der Waals surface area contributed by atoms with Crippen LogP contribution in [-0.2, 0) is 4.79 Å². The van der Waals surface area contributed by atoms with Gasteiger partial charge in [0, 0.05) is 13.0 Å². The summed E-state index contributed by atoms with van der Waals surface area (Å²) in [5.41, 5.74) is 1.72. The molecule has 1 aromatic heterocycles. The zero-order valence-electron chi connectivity index (χ0n) is 12.0. The van der Waals surface area contributed by atoms with Gasteiger partial charge in [0.15, 0.2) is 0 Å². The molecule has 1 amide bonds. The first-order valence-corrected chi connectivity index (χ1v) is 7.40. The Bertz CT molecular complexity index is 652. The maximum Gasteiger partial charge on any atom is 0.243 e. The third-order valence-corrected chi connectivity index (χ3v) is 3.78. The number of nitrogens with zero attached hydrogens (tertiary/aromatic N) is 2. The van der Waals surface area contributed by atoms with Crippen LogP contribution in [0.25, 0.3) is 11.0 Å². The number of fused-ring (bicyclic) bond motifs is 3. The molecule has 6 nitrogen and oxygen atoms in total. The molecule has 0 unspecified atom stereocenters. The highest BCUT2D eigenvalue weighted by Gasteiger charge is 2.32. The fourth-order valence-corrected chi connectivity index (χ4v) is 2.72. The van der Waals surface area contributed by atoms with Gasteiger partial charge in [-0.3, -0.25) is 9.36 Å². The number of nitrogens with one attached hydrogen (secondary N) is 2. The Balaban J connectivity index is 1.94. The number of aliphatic hydroxyl groups excluding tert-OH is 1. The maximum atomic E-state index is 12.4. The SMILES string of the molecule is CCCCNC(=O)[C@H]1C[C@@H](O)Nc2nc3ccccc3n21. The summed E-state index contributed by atoms with van der Waals surface area (Å²) >= 11 is 0. The van der Waals surface area contributed by atoms with Crippen molar-refractivity contribution in [2.45, 2.75) is 38.5 Å². The van der Waals surface area contributed by atoms with Crippen LogP contribution in [0.5, 0.6) is 0 Å². The number of aromatic nitrogens is 2. The Morgan fingerprint density at radius 1 is 1.52 bits per heavy atom. The van der Waals surface area contributed by atoms with Crippen molar-refractivity contribution in [1.82, 2.24) is 14.9 Å². The van der Waals surface area contributed by atoms with Crippen LogP contribution >= 0.6 is 0 Å². The summed E-state index contributed by atoms with van der Waals surface area (Å²) in [5, 5.41) is 15.8. The Hall–Kier alpha value is -2.08. The summed E-state index contributed by atoms with van der Waals surface area (Å²) in [6, 6.07) is 7.25. The number of rotatable bonds is 4. The summed E-state index contributed by atoms with van der Waals surface area (Å²) < 4.78 is 1.88. The minimum absolute atomic E-state index is 0.0617. The second-order valence-corrected chi connectivity index (χ2v) is 5.35. The number of unbranched alkanes of at least 4 members (excludes halogenated alkanes) is 1. The zero-order chi connectivity index (χ0) is 14.8. The fraction of sp³-hybridized carbons (Fsp3) is 0.467. The van der Waals surface area contributed by atoms with E-state index in [-0.39, 0.29) is 5.91 Å². The van der Waals surface area contributed by atoms with Gasteiger partial charge in [0.05, 0.1) is 11.0 Å². The first kappa shape index (κ1) is 13.9. The molecule has 2 aromatic rings. The highest BCUT2D eigenvalue weighted by molar-refractivity contribution is 5.86. The van der Waals surface area contributed by atoms with E-state index in [2.05, 4.69) is 22.5 Å². The van der Waals surface area contributed by atoms with Crippen LogP contribution in [0.3, 0.4) is 0 Å². The Morgan fingerprint density at radius 2 is 2.33 bits per heavy atom. The van der Waals surface area contributed by atoms with Gasteiger partial charge in [0.2, 0.25) is 11.9 Å². The fourth-order valence-electron chi connectivity index (χ4n) is 2.72. The first-order valence-electron chi connectivity index (χ1n) is 7.40. The number of hydrogen-bond acceptors (Lipinski definition) is 4. The van der Waals surface area contributed by atoms with Crippen LogP contribution in [0.2, 0.25) is 0 Å². The molecule has 0 spiro atoms. The summed E-state index contributed by atoms with van der Waals surface area (Å²) in [4.78, 5) is 16.9. The van der Waals surface area contributed by atoms with E-state index in [1.165, 1.54) is 0 Å². The molecular weight excluding hydrogens is 268 g/mol. The number of anilines is 1. The van der Waals surface area contributed by atoms with Crippen LogP contribution in [0, 0.1) is 0 Å². The van der Waals surface area contributed by atoms with Crippen molar-refractivity contribution in [2.24, 2.45) is 0 Å². The van der Waals surface area contributed by atoms with Crippen molar-refractivity contribution in [2.75, 3.05) is 11.9 Å². The average molecular weight is 288 g/mol. The monoisotopic (exact) mass is 288 g/mol. The van der Waals surface area contributed by atoms with Crippen LogP contribution in [-0.4, -0.2) is 33.3 Å². The van der Waals surface area contributed by atoms with Gasteiger partial charge < -0.3 is 15.7 Å². The molecule has 1 aliphatic rings. The van der Waals surface area contributed by atoms with E-state index in [1.54, 1.807) is 0 Å². The van der Waals surface area contributed by atoms with E-state index >= 15 is 0 Å². The summed E-state index contributed by atoms with van der Waals surface area (Å²) in [7, 11) is 0. The molecule has 3 rings (SSSR count). The highest BCUT2D eigenvalue weighted by atomic mass is 16.3. The lowest BCUT2D eigenvalue weighted by Gasteiger charge is -2.29. The summed E-state index contributed by atoms with van der Waals surface area (Å²) in [6.45, 7) is 2.75. The second-order valence-electron chi connectivity index (χ2n) is 5.35. The van der Waals surface area contributed by atoms with Gasteiger partial charge in [-0.25, -0.2) is 4.98 Å². The topological polar surface area (TPSA) is 79.2 Å². The van der Waals surface area contributed by atoms with E-state index in [0.717, 1.165) is 23.9 Å². The van der Waals surface area contributed by atoms with Gasteiger partial charge in [0.1, 0.15) is 12.3 Å². The molecule has 0 saturated heterocycles. The summed E-state index contributed by atoms with van der Waals surface area (Å²) in [6.07, 6.45) is 1.58. The molecule has 112 valence electrons. The third kappa shape index (κ3) is 2.58. The number of benzene rings is 1. The normalized spacial score (nSPS) is 20.9. The van der Waals surface area contributed by atoms with Gasteiger partial charge in [-0.15, -0.1) is 0 Å². The number of amides is 1. The molecule has 0 fully saturated rings. The van der Waals surface area contributed by atoms with E-state index < -0.39 is 12.3 Å². The van der Waals surface area contributed by atoms with E-state index in [1.807, 2.05) is 28.8 Å². The van der Waals surface area contributed by atoms with Gasteiger partial charge in [0.25, 0.3) is 0 Å². The predicted octanol–water partition coefficient (Wildman–Crippen LogP) is 1.63. The number of aliphatic hydroxyl groups is 1. The lowest BCUT2D eigenvalue weighted by molar-refractivity contribution is -0.125. The second kappa shape index (κ2) is 5.73. The molecular formula is C15H20N4O2. The minimum atomic E-state index is -0.753. The molecule has 0 bridgehead atoms. The zero-order valence-corrected chi connectivity index (χ0v) is 12.0. The number of carbonyl (C=O) groups excluding carboxylic acids is 1. The minimum Gasteiger partial charge on any atom is -0.374 e. The number of imidazole rings is 1. The third-order valence-electron chi connectivity index (χ3n) is 3.78. The molecule has 0 aliphatic carbocycles. The van der Waals surface area contributed by atoms with Crippen molar-refractivity contribution in [3.63, 3.8) is 0 Å². The van der Waals surface area contributed by atoms with E-state index in [9.17, 15) is 9.90 Å². The van der Waals surface area contributed by atoms with Crippen molar-refractivity contribution >= 4 is 22.9 Å². The van der Waals surface area contributed by atoms with Gasteiger partial charge in [-0.05, 0) is 18.6 Å². The number of para-hydroxylation sites is 2. The highest BCUT2D eigenvalue weighted by Crippen LogP contribution is 2.31. The Kier molecular flexibility index (Phi) is 3.79. The van der Waals surface area contributed by atoms with Crippen LogP contribution in [0.1, 0.15) is 32.2 Å². The lowest BCUT2D eigenvalue weighted by Crippen LogP contribution is -2.40. The summed E-state index contributed by atoms with van der Waals surface area (Å²) in [5.74, 6) is 0.485. The Morgan fingerprint density at radius 3 is 3.14 bits per heavy atom. The number of carbonyl (C=O) groups is 1. The maximum absolute atomic E-state index is 12.4. The molecule has 1 aromatic carbocycles. The van der Waals surface area contributed by atoms with Crippen molar-refractivity contribution in [3.05, 3.63) is 24.3 Å². The molecule has 6 heteroatoms. The molecule has 3 N–H and O–H groups in total. The molecule has 2 heterocycles. The van der Waals surface area contributed by atoms with Crippen molar-refractivity contribution in [1.29, 1.82) is 0 Å². The molecule has 0 saturated carbocycles. The standard InChI is InChI=1S/C15H20N4O2/c1-2-3-8-16-14(21)12-9-13(20)18-15-17-10-6-4-5-7-11(10)19(12)15/h4-7,12-13,20H,2-3,8-9H2,1H3,(H,16,21)(H,17,18)/t12-,13-/m1/s1. The quantitative estimate of drug-likeness (QED) is 0.747. The molecule has 2 atom stereocenters.